The molecule has 0 saturated heterocycles. The van der Waals surface area contributed by atoms with E-state index >= 15 is 0 Å². The molecule has 0 amide bonds. The third-order valence-corrected chi connectivity index (χ3v) is 2.43. The molecule has 0 spiro atoms. The van der Waals surface area contributed by atoms with Crippen molar-refractivity contribution in [3.8, 4) is 5.75 Å². The molecule has 0 aliphatic carbocycles. The summed E-state index contributed by atoms with van der Waals surface area (Å²) in [5.41, 5.74) is 0.358. The van der Waals surface area contributed by atoms with E-state index in [1.807, 2.05) is 13.8 Å². The van der Waals surface area contributed by atoms with Gasteiger partial charge in [-0.1, -0.05) is 18.2 Å². The minimum Gasteiger partial charge on any atom is -0.491 e. The largest absolute Gasteiger partial charge is 0.491 e. The fourth-order valence-corrected chi connectivity index (χ4v) is 1.61. The van der Waals surface area contributed by atoms with E-state index in [0.29, 0.717) is 11.3 Å². The molecule has 0 saturated carbocycles. The minimum atomic E-state index is -1.63. The van der Waals surface area contributed by atoms with E-state index in [1.54, 1.807) is 31.2 Å². The summed E-state index contributed by atoms with van der Waals surface area (Å²) >= 11 is 0. The second-order valence-corrected chi connectivity index (χ2v) is 4.35. The van der Waals surface area contributed by atoms with Crippen molar-refractivity contribution in [3.63, 3.8) is 0 Å². The third kappa shape index (κ3) is 4.22. The van der Waals surface area contributed by atoms with Gasteiger partial charge in [0.15, 0.2) is 6.10 Å². The van der Waals surface area contributed by atoms with Crippen molar-refractivity contribution in [2.75, 3.05) is 6.61 Å². The fourth-order valence-electron chi connectivity index (χ4n) is 1.61. The highest BCUT2D eigenvalue weighted by atomic mass is 16.5. The molecule has 2 unspecified atom stereocenters. The molecule has 106 valence electrons. The van der Waals surface area contributed by atoms with Crippen LogP contribution in [0.4, 0.5) is 0 Å². The van der Waals surface area contributed by atoms with Gasteiger partial charge in [0.25, 0.3) is 0 Å². The second kappa shape index (κ2) is 7.11. The van der Waals surface area contributed by atoms with Crippen LogP contribution in [0, 0.1) is 0 Å². The number of aliphatic hydroxyl groups is 2. The quantitative estimate of drug-likeness (QED) is 0.763. The van der Waals surface area contributed by atoms with Crippen molar-refractivity contribution in [1.29, 1.82) is 0 Å². The van der Waals surface area contributed by atoms with Crippen LogP contribution in [-0.2, 0) is 9.53 Å². The Bertz CT molecular complexity index is 416. The third-order valence-electron chi connectivity index (χ3n) is 2.43. The molecular weight excluding hydrogens is 248 g/mol. The number of esters is 1. The lowest BCUT2D eigenvalue weighted by molar-refractivity contribution is -0.159. The van der Waals surface area contributed by atoms with Gasteiger partial charge in [-0.05, 0) is 26.8 Å². The molecule has 1 aromatic carbocycles. The zero-order valence-corrected chi connectivity index (χ0v) is 11.4. The van der Waals surface area contributed by atoms with Crippen molar-refractivity contribution in [3.05, 3.63) is 29.8 Å². The molecule has 0 heterocycles. The SMILES string of the molecule is CCOC(=O)C(O)C(O)c1ccccc1OC(C)C. The maximum Gasteiger partial charge on any atom is 0.338 e. The molecule has 5 nitrogen and oxygen atoms in total. The number of benzene rings is 1. The van der Waals surface area contributed by atoms with Gasteiger partial charge in [0.1, 0.15) is 11.9 Å². The first-order chi connectivity index (χ1) is 8.97. The standard InChI is InChI=1S/C14H20O5/c1-4-18-14(17)13(16)12(15)10-7-5-6-8-11(10)19-9(2)3/h5-9,12-13,15-16H,4H2,1-3H3. The van der Waals surface area contributed by atoms with Crippen LogP contribution in [0.5, 0.6) is 5.75 Å². The molecule has 0 bridgehead atoms. The second-order valence-electron chi connectivity index (χ2n) is 4.35. The zero-order valence-electron chi connectivity index (χ0n) is 11.4. The van der Waals surface area contributed by atoms with Crippen LogP contribution in [0.2, 0.25) is 0 Å². The Morgan fingerprint density at radius 2 is 1.89 bits per heavy atom. The molecule has 0 aliphatic rings. The smallest absolute Gasteiger partial charge is 0.338 e. The van der Waals surface area contributed by atoms with Crippen molar-refractivity contribution >= 4 is 5.97 Å². The fraction of sp³-hybridized carbons (Fsp3) is 0.500. The number of rotatable bonds is 6. The predicted molar refractivity (Wildman–Crippen MR) is 69.8 cm³/mol. The molecule has 0 aromatic heterocycles. The lowest BCUT2D eigenvalue weighted by atomic mass is 10.0. The van der Waals surface area contributed by atoms with E-state index < -0.39 is 18.2 Å². The van der Waals surface area contributed by atoms with Gasteiger partial charge < -0.3 is 19.7 Å². The summed E-state index contributed by atoms with van der Waals surface area (Å²) < 4.78 is 10.2. The van der Waals surface area contributed by atoms with Gasteiger partial charge in [0, 0.05) is 5.56 Å². The molecule has 19 heavy (non-hydrogen) atoms. The van der Waals surface area contributed by atoms with Crippen LogP contribution in [0.3, 0.4) is 0 Å². The molecular formula is C14H20O5. The van der Waals surface area contributed by atoms with Crippen molar-refractivity contribution in [2.24, 2.45) is 0 Å². The minimum absolute atomic E-state index is 0.0758. The van der Waals surface area contributed by atoms with Gasteiger partial charge in [0.05, 0.1) is 12.7 Å². The van der Waals surface area contributed by atoms with Gasteiger partial charge in [-0.25, -0.2) is 4.79 Å². The normalized spacial score (nSPS) is 14.0. The highest BCUT2D eigenvalue weighted by molar-refractivity contribution is 5.75. The Morgan fingerprint density at radius 3 is 2.47 bits per heavy atom. The van der Waals surface area contributed by atoms with Gasteiger partial charge in [-0.3, -0.25) is 0 Å². The van der Waals surface area contributed by atoms with Crippen LogP contribution in [0.1, 0.15) is 32.4 Å². The highest BCUT2D eigenvalue weighted by Gasteiger charge is 2.29. The number of hydrogen-bond acceptors (Lipinski definition) is 5. The van der Waals surface area contributed by atoms with Gasteiger partial charge in [0.2, 0.25) is 0 Å². The Balaban J connectivity index is 2.92. The summed E-state index contributed by atoms with van der Waals surface area (Å²) in [7, 11) is 0. The number of carbonyl (C=O) groups excluding carboxylic acids is 1. The number of para-hydroxylation sites is 1. The van der Waals surface area contributed by atoms with Gasteiger partial charge in [-0.15, -0.1) is 0 Å². The number of ether oxygens (including phenoxy) is 2. The molecule has 0 radical (unpaired) electrons. The van der Waals surface area contributed by atoms with Gasteiger partial charge in [-0.2, -0.15) is 0 Å². The highest BCUT2D eigenvalue weighted by Crippen LogP contribution is 2.28. The number of hydrogen-bond donors (Lipinski definition) is 2. The zero-order chi connectivity index (χ0) is 14.4. The van der Waals surface area contributed by atoms with E-state index in [2.05, 4.69) is 4.74 Å². The van der Waals surface area contributed by atoms with E-state index in [1.165, 1.54) is 0 Å². The topological polar surface area (TPSA) is 76.0 Å². The molecule has 5 heteroatoms. The van der Waals surface area contributed by atoms with E-state index in [-0.39, 0.29) is 12.7 Å². The molecule has 0 fully saturated rings. The average Bonchev–Trinajstić information content (AvgIpc) is 2.37. The molecule has 2 atom stereocenters. The lowest BCUT2D eigenvalue weighted by Crippen LogP contribution is -2.30. The summed E-state index contributed by atoms with van der Waals surface area (Å²) in [6.07, 6.45) is -3.08. The van der Waals surface area contributed by atoms with Crippen LogP contribution < -0.4 is 4.74 Å². The van der Waals surface area contributed by atoms with Crippen LogP contribution in [0.15, 0.2) is 24.3 Å². The Morgan fingerprint density at radius 1 is 1.26 bits per heavy atom. The number of aliphatic hydroxyl groups excluding tert-OH is 2. The monoisotopic (exact) mass is 268 g/mol. The molecule has 2 N–H and O–H groups in total. The van der Waals surface area contributed by atoms with Gasteiger partial charge >= 0.3 is 5.97 Å². The lowest BCUT2D eigenvalue weighted by Gasteiger charge is -2.20. The number of carbonyl (C=O) groups is 1. The molecule has 1 rings (SSSR count). The van der Waals surface area contributed by atoms with Crippen LogP contribution >= 0.6 is 0 Å². The van der Waals surface area contributed by atoms with Crippen LogP contribution in [-0.4, -0.2) is 35.0 Å². The van der Waals surface area contributed by atoms with Crippen molar-refractivity contribution in [2.45, 2.75) is 39.1 Å². The maximum absolute atomic E-state index is 11.4. The molecule has 1 aromatic rings. The average molecular weight is 268 g/mol. The Labute approximate surface area is 112 Å². The summed E-state index contributed by atoms with van der Waals surface area (Å²) in [6.45, 7) is 5.48. The Hall–Kier alpha value is -1.59. The summed E-state index contributed by atoms with van der Waals surface area (Å²) in [5.74, 6) is -0.414. The van der Waals surface area contributed by atoms with E-state index in [0.717, 1.165) is 0 Å². The maximum atomic E-state index is 11.4. The molecule has 0 aliphatic heterocycles. The Kier molecular flexibility index (Phi) is 5.79. The summed E-state index contributed by atoms with van der Waals surface area (Å²) in [6, 6.07) is 6.73. The summed E-state index contributed by atoms with van der Waals surface area (Å²) in [4.78, 5) is 11.4. The first-order valence-corrected chi connectivity index (χ1v) is 6.25. The first kappa shape index (κ1) is 15.5. The first-order valence-electron chi connectivity index (χ1n) is 6.25. The predicted octanol–water partition coefficient (Wildman–Crippen LogP) is 1.43. The van der Waals surface area contributed by atoms with Crippen molar-refractivity contribution in [1.82, 2.24) is 0 Å². The van der Waals surface area contributed by atoms with E-state index in [9.17, 15) is 15.0 Å². The van der Waals surface area contributed by atoms with Crippen molar-refractivity contribution < 1.29 is 24.5 Å². The van der Waals surface area contributed by atoms with E-state index in [4.69, 9.17) is 4.74 Å². The van der Waals surface area contributed by atoms with Crippen LogP contribution in [0.25, 0.3) is 0 Å². The summed E-state index contributed by atoms with van der Waals surface area (Å²) in [5, 5.41) is 19.8.